The van der Waals surface area contributed by atoms with Gasteiger partial charge < -0.3 is 10.1 Å². The van der Waals surface area contributed by atoms with Crippen LogP contribution in [-0.2, 0) is 20.8 Å². The van der Waals surface area contributed by atoms with Crippen LogP contribution in [0.5, 0.6) is 5.75 Å². The lowest BCUT2D eigenvalue weighted by atomic mass is 10.2. The molecule has 1 unspecified atom stereocenters. The summed E-state index contributed by atoms with van der Waals surface area (Å²) >= 11 is 0. The van der Waals surface area contributed by atoms with Gasteiger partial charge in [0.05, 0.1) is 7.11 Å². The van der Waals surface area contributed by atoms with Crippen molar-refractivity contribution in [3.63, 3.8) is 0 Å². The van der Waals surface area contributed by atoms with Crippen molar-refractivity contribution in [2.75, 3.05) is 25.7 Å². The summed E-state index contributed by atoms with van der Waals surface area (Å²) in [6.07, 6.45) is 2.16. The van der Waals surface area contributed by atoms with Crippen LogP contribution in [0.15, 0.2) is 23.1 Å². The van der Waals surface area contributed by atoms with Crippen LogP contribution in [0.3, 0.4) is 0 Å². The third kappa shape index (κ3) is 5.44. The molecule has 0 bridgehead atoms. The molecule has 0 fully saturated rings. The Morgan fingerprint density at radius 1 is 1.43 bits per heavy atom. The second kappa shape index (κ2) is 7.53. The number of ether oxygens (including phenoxy) is 1. The molecule has 3 N–H and O–H groups in total. The lowest BCUT2D eigenvalue weighted by Crippen LogP contribution is -2.26. The summed E-state index contributed by atoms with van der Waals surface area (Å²) in [4.78, 5) is 11.7. The van der Waals surface area contributed by atoms with Gasteiger partial charge in [-0.05, 0) is 24.6 Å². The maximum absolute atomic E-state index is 11.9. The molecule has 0 saturated heterocycles. The number of hydrogen-bond acceptors (Lipinski definition) is 5. The summed E-state index contributed by atoms with van der Waals surface area (Å²) in [6.45, 7) is 0.356. The van der Waals surface area contributed by atoms with E-state index in [1.165, 1.54) is 25.3 Å². The fourth-order valence-electron chi connectivity index (χ4n) is 1.62. The number of sulfonamides is 1. The molecule has 0 aliphatic rings. The number of nitrogens with two attached hydrogens (primary N) is 1. The van der Waals surface area contributed by atoms with Crippen LogP contribution in [0.2, 0.25) is 0 Å². The fraction of sp³-hybridized carbons (Fsp3) is 0.417. The molecule has 21 heavy (non-hydrogen) atoms. The van der Waals surface area contributed by atoms with E-state index >= 15 is 0 Å². The molecule has 0 aliphatic carbocycles. The molecule has 9 heteroatoms. The van der Waals surface area contributed by atoms with Crippen molar-refractivity contribution >= 4 is 26.7 Å². The minimum absolute atomic E-state index is 0.0791. The van der Waals surface area contributed by atoms with E-state index < -0.39 is 26.7 Å². The van der Waals surface area contributed by atoms with Gasteiger partial charge in [0.2, 0.25) is 10.0 Å². The van der Waals surface area contributed by atoms with Gasteiger partial charge in [-0.1, -0.05) is 0 Å². The zero-order chi connectivity index (χ0) is 16.0. The molecular formula is C12H18N2O5S2. The highest BCUT2D eigenvalue weighted by Crippen LogP contribution is 2.23. The summed E-state index contributed by atoms with van der Waals surface area (Å²) < 4.78 is 38.7. The van der Waals surface area contributed by atoms with Gasteiger partial charge in [-0.3, -0.25) is 9.00 Å². The molecule has 0 saturated carbocycles. The number of rotatable bonds is 7. The maximum atomic E-state index is 11.9. The van der Waals surface area contributed by atoms with Crippen LogP contribution < -0.4 is 15.2 Å². The van der Waals surface area contributed by atoms with Gasteiger partial charge >= 0.3 is 0 Å². The number of nitrogens with one attached hydrogen (secondary N) is 1. The monoisotopic (exact) mass is 334 g/mol. The van der Waals surface area contributed by atoms with E-state index in [0.29, 0.717) is 18.7 Å². The predicted molar refractivity (Wildman–Crippen MR) is 80.3 cm³/mol. The van der Waals surface area contributed by atoms with E-state index in [9.17, 15) is 17.4 Å². The van der Waals surface area contributed by atoms with Crippen molar-refractivity contribution in [1.29, 1.82) is 0 Å². The van der Waals surface area contributed by atoms with E-state index in [4.69, 9.17) is 9.88 Å². The molecule has 0 aliphatic heterocycles. The normalized spacial score (nSPS) is 12.7. The topological polar surface area (TPSA) is 116 Å². The zero-order valence-corrected chi connectivity index (χ0v) is 13.4. The third-order valence-corrected chi connectivity index (χ3v) is 4.42. The molecular weight excluding hydrogens is 316 g/mol. The van der Waals surface area contributed by atoms with E-state index in [1.807, 2.05) is 0 Å². The average Bonchev–Trinajstić information content (AvgIpc) is 2.41. The highest BCUT2D eigenvalue weighted by atomic mass is 32.2. The molecule has 1 amide bonds. The van der Waals surface area contributed by atoms with E-state index in [1.54, 1.807) is 6.26 Å². The Morgan fingerprint density at radius 2 is 2.10 bits per heavy atom. The zero-order valence-electron chi connectivity index (χ0n) is 11.8. The quantitative estimate of drug-likeness (QED) is 0.672. The van der Waals surface area contributed by atoms with Crippen molar-refractivity contribution in [2.45, 2.75) is 11.3 Å². The standard InChI is InChI=1S/C12H18N2O5S2/c1-19-10-5-4-9(8-11(10)21(13,17)18)12(15)14-6-3-7-20(2)16/h4-5,8H,3,6-7H2,1-2H3,(H,14,15)(H2,13,17,18). The number of methoxy groups -OCH3 is 1. The first-order valence-electron chi connectivity index (χ1n) is 6.04. The van der Waals surface area contributed by atoms with Crippen LogP contribution >= 0.6 is 0 Å². The van der Waals surface area contributed by atoms with Gasteiger partial charge in [-0.25, -0.2) is 13.6 Å². The van der Waals surface area contributed by atoms with Gasteiger partial charge in [0, 0.05) is 34.9 Å². The maximum Gasteiger partial charge on any atom is 0.251 e. The molecule has 0 radical (unpaired) electrons. The minimum Gasteiger partial charge on any atom is -0.495 e. The second-order valence-corrected chi connectivity index (χ2v) is 7.38. The Hall–Kier alpha value is -1.45. The SMILES string of the molecule is COc1ccc(C(=O)NCCCS(C)=O)cc1S(N)(=O)=O. The summed E-state index contributed by atoms with van der Waals surface area (Å²) in [5, 5.41) is 7.70. The largest absolute Gasteiger partial charge is 0.495 e. The molecule has 1 aromatic carbocycles. The number of carbonyl (C=O) groups excluding carboxylic acids is 1. The van der Waals surface area contributed by atoms with Gasteiger partial charge in [0.25, 0.3) is 5.91 Å². The smallest absolute Gasteiger partial charge is 0.251 e. The van der Waals surface area contributed by atoms with Gasteiger partial charge in [0.1, 0.15) is 10.6 Å². The highest BCUT2D eigenvalue weighted by molar-refractivity contribution is 7.89. The minimum atomic E-state index is -3.98. The summed E-state index contributed by atoms with van der Waals surface area (Å²) in [5.41, 5.74) is 0.164. The third-order valence-electron chi connectivity index (χ3n) is 2.63. The van der Waals surface area contributed by atoms with Gasteiger partial charge in [0.15, 0.2) is 0 Å². The van der Waals surface area contributed by atoms with Crippen molar-refractivity contribution in [3.05, 3.63) is 23.8 Å². The van der Waals surface area contributed by atoms with E-state index in [0.717, 1.165) is 0 Å². The van der Waals surface area contributed by atoms with E-state index in [-0.39, 0.29) is 16.2 Å². The molecule has 0 aromatic heterocycles. The lowest BCUT2D eigenvalue weighted by molar-refractivity contribution is 0.0953. The fourth-order valence-corrected chi connectivity index (χ4v) is 2.89. The Kier molecular flexibility index (Phi) is 6.31. The summed E-state index contributed by atoms with van der Waals surface area (Å²) in [6, 6.07) is 3.98. The summed E-state index contributed by atoms with van der Waals surface area (Å²) in [5.74, 6) is 0.144. The number of amides is 1. The Labute approximate surface area is 126 Å². The van der Waals surface area contributed by atoms with Crippen molar-refractivity contribution < 1.29 is 22.2 Å². The van der Waals surface area contributed by atoms with Crippen LogP contribution in [0.25, 0.3) is 0 Å². The predicted octanol–water partition coefficient (Wildman–Crippen LogP) is -0.159. The Bertz CT molecular complexity index is 643. The van der Waals surface area contributed by atoms with Crippen LogP contribution in [-0.4, -0.2) is 44.2 Å². The molecule has 1 rings (SSSR count). The number of primary sulfonamides is 1. The highest BCUT2D eigenvalue weighted by Gasteiger charge is 2.17. The Balaban J connectivity index is 2.84. The molecule has 118 valence electrons. The van der Waals surface area contributed by atoms with Crippen LogP contribution in [0.4, 0.5) is 0 Å². The summed E-state index contributed by atoms with van der Waals surface area (Å²) in [7, 11) is -3.58. The second-order valence-electron chi connectivity index (χ2n) is 4.30. The number of hydrogen-bond donors (Lipinski definition) is 2. The molecule has 1 aromatic rings. The molecule has 0 spiro atoms. The van der Waals surface area contributed by atoms with Crippen molar-refractivity contribution in [3.8, 4) is 5.75 Å². The van der Waals surface area contributed by atoms with Gasteiger partial charge in [-0.15, -0.1) is 0 Å². The Morgan fingerprint density at radius 3 is 2.62 bits per heavy atom. The van der Waals surface area contributed by atoms with Crippen LogP contribution in [0.1, 0.15) is 16.8 Å². The first-order valence-corrected chi connectivity index (χ1v) is 9.32. The molecule has 7 nitrogen and oxygen atoms in total. The van der Waals surface area contributed by atoms with Crippen molar-refractivity contribution in [1.82, 2.24) is 5.32 Å². The lowest BCUT2D eigenvalue weighted by Gasteiger charge is -2.09. The van der Waals surface area contributed by atoms with Gasteiger partial charge in [-0.2, -0.15) is 0 Å². The average molecular weight is 334 g/mol. The first-order chi connectivity index (χ1) is 9.75. The number of benzene rings is 1. The molecule has 0 heterocycles. The van der Waals surface area contributed by atoms with Crippen LogP contribution in [0, 0.1) is 0 Å². The number of carbonyl (C=O) groups is 1. The first kappa shape index (κ1) is 17.6. The molecule has 1 atom stereocenters. The van der Waals surface area contributed by atoms with Crippen molar-refractivity contribution in [2.24, 2.45) is 5.14 Å². The van der Waals surface area contributed by atoms with E-state index in [2.05, 4.69) is 5.32 Å².